The van der Waals surface area contributed by atoms with Crippen LogP contribution in [0.3, 0.4) is 0 Å². The molecule has 8 heteroatoms. The van der Waals surface area contributed by atoms with Crippen LogP contribution in [0.1, 0.15) is 16.1 Å². The average Bonchev–Trinajstić information content (AvgIpc) is 2.71. The standard InChI is InChI=1S/C12H11BrN2O4S/c1-15-10(8(6-14-15)12(16)17)7-20(18,19)11-5-3-2-4-9(11)13/h2-6H,7H2,1H3,(H,16,17). The van der Waals surface area contributed by atoms with Gasteiger partial charge in [0.15, 0.2) is 9.84 Å². The highest BCUT2D eigenvalue weighted by Gasteiger charge is 2.24. The van der Waals surface area contributed by atoms with Gasteiger partial charge in [0.05, 0.1) is 22.5 Å². The lowest BCUT2D eigenvalue weighted by Gasteiger charge is -2.08. The van der Waals surface area contributed by atoms with Crippen molar-refractivity contribution in [2.24, 2.45) is 7.05 Å². The van der Waals surface area contributed by atoms with Crippen molar-refractivity contribution in [2.45, 2.75) is 10.6 Å². The lowest BCUT2D eigenvalue weighted by Crippen LogP contribution is -2.12. The van der Waals surface area contributed by atoms with E-state index >= 15 is 0 Å². The predicted molar refractivity (Wildman–Crippen MR) is 75.2 cm³/mol. The molecule has 106 valence electrons. The van der Waals surface area contributed by atoms with Crippen molar-refractivity contribution in [1.29, 1.82) is 0 Å². The number of aromatic carboxylic acids is 1. The fourth-order valence-corrected chi connectivity index (χ4v) is 4.30. The minimum Gasteiger partial charge on any atom is -0.478 e. The molecule has 0 radical (unpaired) electrons. The second kappa shape index (κ2) is 5.37. The molecule has 6 nitrogen and oxygen atoms in total. The van der Waals surface area contributed by atoms with Gasteiger partial charge in [-0.2, -0.15) is 5.10 Å². The van der Waals surface area contributed by atoms with Crippen molar-refractivity contribution >= 4 is 31.7 Å². The molecule has 0 saturated carbocycles. The number of sulfone groups is 1. The van der Waals surface area contributed by atoms with Crippen LogP contribution >= 0.6 is 15.9 Å². The van der Waals surface area contributed by atoms with Crippen LogP contribution in [0.2, 0.25) is 0 Å². The molecule has 1 N–H and O–H groups in total. The number of halogens is 1. The Labute approximate surface area is 124 Å². The number of hydrogen-bond donors (Lipinski definition) is 1. The number of rotatable bonds is 4. The minimum absolute atomic E-state index is 0.108. The Morgan fingerprint density at radius 1 is 1.40 bits per heavy atom. The molecular formula is C12H11BrN2O4S. The summed E-state index contributed by atoms with van der Waals surface area (Å²) in [6.45, 7) is 0. The maximum atomic E-state index is 12.4. The Morgan fingerprint density at radius 3 is 2.65 bits per heavy atom. The van der Waals surface area contributed by atoms with Crippen LogP contribution < -0.4 is 0 Å². The number of carboxylic acids is 1. The molecule has 1 aromatic carbocycles. The molecule has 2 aromatic rings. The highest BCUT2D eigenvalue weighted by molar-refractivity contribution is 9.10. The van der Waals surface area contributed by atoms with Crippen LogP contribution in [0.15, 0.2) is 39.8 Å². The molecule has 0 spiro atoms. The summed E-state index contributed by atoms with van der Waals surface area (Å²) in [5.74, 6) is -1.62. The van der Waals surface area contributed by atoms with E-state index in [2.05, 4.69) is 21.0 Å². The largest absolute Gasteiger partial charge is 0.478 e. The van der Waals surface area contributed by atoms with Gasteiger partial charge in [-0.15, -0.1) is 0 Å². The van der Waals surface area contributed by atoms with Crippen LogP contribution in [0.4, 0.5) is 0 Å². The number of benzene rings is 1. The minimum atomic E-state index is -3.66. The van der Waals surface area contributed by atoms with Crippen molar-refractivity contribution in [1.82, 2.24) is 9.78 Å². The molecule has 2 rings (SSSR count). The molecule has 0 aliphatic heterocycles. The van der Waals surface area contributed by atoms with Gasteiger partial charge >= 0.3 is 5.97 Å². The van der Waals surface area contributed by atoms with Crippen LogP contribution in [0.5, 0.6) is 0 Å². The van der Waals surface area contributed by atoms with Crippen LogP contribution in [0.25, 0.3) is 0 Å². The summed E-state index contributed by atoms with van der Waals surface area (Å²) in [7, 11) is -2.15. The Hall–Kier alpha value is -1.67. The van der Waals surface area contributed by atoms with E-state index in [9.17, 15) is 13.2 Å². The molecule has 0 bridgehead atoms. The summed E-state index contributed by atoms with van der Waals surface area (Å²) in [6.07, 6.45) is 1.15. The second-order valence-corrected chi connectivity index (χ2v) is 6.94. The average molecular weight is 359 g/mol. The van der Waals surface area contributed by atoms with Gasteiger partial charge in [-0.1, -0.05) is 12.1 Å². The lowest BCUT2D eigenvalue weighted by atomic mass is 10.3. The van der Waals surface area contributed by atoms with E-state index < -0.39 is 21.6 Å². The van der Waals surface area contributed by atoms with Gasteiger partial charge in [-0.05, 0) is 28.1 Å². The van der Waals surface area contributed by atoms with Crippen molar-refractivity contribution in [2.75, 3.05) is 0 Å². The fraction of sp³-hybridized carbons (Fsp3) is 0.167. The van der Waals surface area contributed by atoms with Crippen LogP contribution in [-0.2, 0) is 22.6 Å². The molecule has 0 aliphatic carbocycles. The molecule has 1 aromatic heterocycles. The van der Waals surface area contributed by atoms with Crippen LogP contribution in [0, 0.1) is 0 Å². The molecule has 0 fully saturated rings. The first-order valence-electron chi connectivity index (χ1n) is 5.54. The zero-order valence-corrected chi connectivity index (χ0v) is 12.8. The third-order valence-corrected chi connectivity index (χ3v) is 5.42. The predicted octanol–water partition coefficient (Wildman–Crippen LogP) is 1.85. The number of carboxylic acid groups (broad SMARTS) is 1. The first kappa shape index (κ1) is 14.7. The normalized spacial score (nSPS) is 11.5. The van der Waals surface area contributed by atoms with Gasteiger partial charge < -0.3 is 5.11 Å². The smallest absolute Gasteiger partial charge is 0.339 e. The topological polar surface area (TPSA) is 89.3 Å². The van der Waals surface area contributed by atoms with Gasteiger partial charge in [-0.25, -0.2) is 13.2 Å². The fourth-order valence-electron chi connectivity index (χ4n) is 1.77. The monoisotopic (exact) mass is 358 g/mol. The highest BCUT2D eigenvalue weighted by Crippen LogP contribution is 2.25. The third-order valence-electron chi connectivity index (χ3n) is 2.79. The van der Waals surface area contributed by atoms with E-state index in [0.717, 1.165) is 6.20 Å². The molecule has 0 atom stereocenters. The summed E-state index contributed by atoms with van der Waals surface area (Å²) in [6, 6.07) is 6.40. The SMILES string of the molecule is Cn1ncc(C(=O)O)c1CS(=O)(=O)c1ccccc1Br. The van der Waals surface area contributed by atoms with Gasteiger partial charge in [0, 0.05) is 11.5 Å². The van der Waals surface area contributed by atoms with Crippen molar-refractivity contribution < 1.29 is 18.3 Å². The number of nitrogens with zero attached hydrogens (tertiary/aromatic N) is 2. The molecule has 0 saturated heterocycles. The van der Waals surface area contributed by atoms with Crippen LogP contribution in [-0.4, -0.2) is 29.3 Å². The summed E-state index contributed by atoms with van der Waals surface area (Å²) in [4.78, 5) is 11.2. The zero-order chi connectivity index (χ0) is 14.9. The van der Waals surface area contributed by atoms with E-state index in [-0.39, 0.29) is 16.2 Å². The summed E-state index contributed by atoms with van der Waals surface area (Å²) in [5.41, 5.74) is 0.0383. The van der Waals surface area contributed by atoms with Gasteiger partial charge in [-0.3, -0.25) is 4.68 Å². The highest BCUT2D eigenvalue weighted by atomic mass is 79.9. The number of aromatic nitrogens is 2. The second-order valence-electron chi connectivity index (χ2n) is 4.12. The molecule has 0 unspecified atom stereocenters. The molecule has 0 aliphatic rings. The van der Waals surface area contributed by atoms with E-state index in [1.165, 1.54) is 17.8 Å². The maximum Gasteiger partial charge on any atom is 0.339 e. The summed E-state index contributed by atoms with van der Waals surface area (Å²) >= 11 is 3.18. The third kappa shape index (κ3) is 2.75. The Bertz CT molecular complexity index is 768. The first-order chi connectivity index (χ1) is 9.33. The number of aryl methyl sites for hydroxylation is 1. The van der Waals surface area contributed by atoms with Crippen molar-refractivity contribution in [3.8, 4) is 0 Å². The Balaban J connectivity index is 2.47. The molecule has 20 heavy (non-hydrogen) atoms. The van der Waals surface area contributed by atoms with Crippen molar-refractivity contribution in [3.63, 3.8) is 0 Å². The lowest BCUT2D eigenvalue weighted by molar-refractivity contribution is 0.0696. The van der Waals surface area contributed by atoms with Crippen molar-refractivity contribution in [3.05, 3.63) is 46.2 Å². The number of carbonyl (C=O) groups is 1. The molecule has 1 heterocycles. The molecular weight excluding hydrogens is 348 g/mol. The quantitative estimate of drug-likeness (QED) is 0.900. The van der Waals surface area contributed by atoms with E-state index in [1.807, 2.05) is 0 Å². The summed E-state index contributed by atoms with van der Waals surface area (Å²) in [5, 5.41) is 12.8. The summed E-state index contributed by atoms with van der Waals surface area (Å²) < 4.78 is 26.5. The van der Waals surface area contributed by atoms with Gasteiger partial charge in [0.1, 0.15) is 5.56 Å². The van der Waals surface area contributed by atoms with Gasteiger partial charge in [0.2, 0.25) is 0 Å². The van der Waals surface area contributed by atoms with E-state index in [1.54, 1.807) is 18.2 Å². The Kier molecular flexibility index (Phi) is 3.96. The maximum absolute atomic E-state index is 12.4. The van der Waals surface area contributed by atoms with E-state index in [0.29, 0.717) is 4.47 Å². The zero-order valence-electron chi connectivity index (χ0n) is 10.4. The number of hydrogen-bond acceptors (Lipinski definition) is 4. The van der Waals surface area contributed by atoms with E-state index in [4.69, 9.17) is 5.11 Å². The first-order valence-corrected chi connectivity index (χ1v) is 7.99. The van der Waals surface area contributed by atoms with Gasteiger partial charge in [0.25, 0.3) is 0 Å². The Morgan fingerprint density at radius 2 is 2.05 bits per heavy atom. The molecule has 0 amide bonds.